The van der Waals surface area contributed by atoms with Gasteiger partial charge in [-0.1, -0.05) is 17.7 Å². The lowest BCUT2D eigenvalue weighted by Gasteiger charge is -2.27. The highest BCUT2D eigenvalue weighted by molar-refractivity contribution is 14.1. The minimum atomic E-state index is -0.231. The second-order valence-electron chi connectivity index (χ2n) is 4.18. The van der Waals surface area contributed by atoms with Crippen molar-refractivity contribution in [3.63, 3.8) is 0 Å². The van der Waals surface area contributed by atoms with Gasteiger partial charge >= 0.3 is 0 Å². The molecule has 0 heterocycles. The smallest absolute Gasteiger partial charge is 0.168 e. The first-order chi connectivity index (χ1) is 8.58. The maximum atomic E-state index is 12.3. The van der Waals surface area contributed by atoms with Crippen LogP contribution in [0.2, 0.25) is 0 Å². The van der Waals surface area contributed by atoms with E-state index in [4.69, 9.17) is 0 Å². The van der Waals surface area contributed by atoms with Crippen LogP contribution in [0.25, 0.3) is 0 Å². The van der Waals surface area contributed by atoms with Gasteiger partial charge in [0.05, 0.1) is 0 Å². The Morgan fingerprint density at radius 3 is 2.17 bits per heavy atom. The number of quaternary nitrogens is 1. The van der Waals surface area contributed by atoms with E-state index in [1.807, 2.05) is 31.2 Å². The SMILES string of the molecule is Cc1ccc([NH+]([O-])C(I)c2ccc(O)cc2)cc1. The first-order valence-electron chi connectivity index (χ1n) is 5.62. The molecule has 4 heteroatoms. The number of hydroxylamine groups is 1. The summed E-state index contributed by atoms with van der Waals surface area (Å²) in [6, 6.07) is 14.3. The minimum Gasteiger partial charge on any atom is -0.628 e. The number of aromatic hydroxyl groups is 1. The van der Waals surface area contributed by atoms with Crippen LogP contribution < -0.4 is 5.06 Å². The molecule has 0 aliphatic heterocycles. The van der Waals surface area contributed by atoms with Crippen molar-refractivity contribution >= 4 is 28.3 Å². The molecular formula is C14H14INO2. The van der Waals surface area contributed by atoms with Crippen LogP contribution in [-0.2, 0) is 0 Å². The van der Waals surface area contributed by atoms with Crippen LogP contribution in [0.15, 0.2) is 48.5 Å². The molecule has 0 saturated heterocycles. The molecule has 18 heavy (non-hydrogen) atoms. The standard InChI is InChI=1S/C14H14INO2/c1-10-2-6-12(7-3-10)16(18)14(15)11-4-8-13(17)9-5-11/h2-9,14,16-17H,1H3. The fourth-order valence-corrected chi connectivity index (χ4v) is 2.43. The number of aryl methyl sites for hydroxylation is 1. The lowest BCUT2D eigenvalue weighted by atomic mass is 10.2. The molecule has 0 fully saturated rings. The molecule has 94 valence electrons. The van der Waals surface area contributed by atoms with E-state index in [1.165, 1.54) is 0 Å². The summed E-state index contributed by atoms with van der Waals surface area (Å²) in [5.74, 6) is 0.213. The molecule has 0 radical (unpaired) electrons. The van der Waals surface area contributed by atoms with Crippen molar-refractivity contribution in [2.45, 2.75) is 11.0 Å². The second kappa shape index (κ2) is 5.69. The van der Waals surface area contributed by atoms with E-state index in [-0.39, 0.29) is 14.9 Å². The van der Waals surface area contributed by atoms with Gasteiger partial charge in [0, 0.05) is 5.56 Å². The molecule has 2 aromatic rings. The quantitative estimate of drug-likeness (QED) is 0.385. The predicted molar refractivity (Wildman–Crippen MR) is 80.0 cm³/mol. The average molecular weight is 355 g/mol. The summed E-state index contributed by atoms with van der Waals surface area (Å²) in [5, 5.41) is 21.6. The summed E-state index contributed by atoms with van der Waals surface area (Å²) < 4.78 is -0.231. The van der Waals surface area contributed by atoms with E-state index in [0.29, 0.717) is 5.69 Å². The van der Waals surface area contributed by atoms with Gasteiger partial charge in [-0.25, -0.2) is 0 Å². The summed E-state index contributed by atoms with van der Waals surface area (Å²) in [6.07, 6.45) is 0. The molecule has 2 aromatic carbocycles. The molecular weight excluding hydrogens is 341 g/mol. The molecule has 0 aliphatic rings. The van der Waals surface area contributed by atoms with E-state index in [9.17, 15) is 10.3 Å². The number of alkyl halides is 1. The highest BCUT2D eigenvalue weighted by atomic mass is 127. The Morgan fingerprint density at radius 1 is 1.06 bits per heavy atom. The Morgan fingerprint density at radius 2 is 1.61 bits per heavy atom. The molecule has 2 N–H and O–H groups in total. The van der Waals surface area contributed by atoms with Crippen LogP contribution in [0, 0.1) is 12.1 Å². The van der Waals surface area contributed by atoms with Crippen LogP contribution >= 0.6 is 22.6 Å². The summed E-state index contributed by atoms with van der Waals surface area (Å²) >= 11 is 2.13. The first-order valence-corrected chi connectivity index (χ1v) is 6.86. The van der Waals surface area contributed by atoms with Gasteiger partial charge in [-0.3, -0.25) is 0 Å². The topological polar surface area (TPSA) is 47.7 Å². The second-order valence-corrected chi connectivity index (χ2v) is 5.43. The molecule has 0 saturated carbocycles. The number of phenolic OH excluding ortho intramolecular Hbond substituents is 1. The molecule has 0 amide bonds. The number of hydrogen-bond acceptors (Lipinski definition) is 2. The van der Waals surface area contributed by atoms with Crippen molar-refractivity contribution in [3.05, 3.63) is 64.9 Å². The van der Waals surface area contributed by atoms with Gasteiger partial charge in [-0.05, 0) is 65.9 Å². The van der Waals surface area contributed by atoms with Crippen molar-refractivity contribution < 1.29 is 10.2 Å². The number of benzene rings is 2. The van der Waals surface area contributed by atoms with E-state index >= 15 is 0 Å². The number of rotatable bonds is 3. The molecule has 0 spiro atoms. The van der Waals surface area contributed by atoms with Gasteiger partial charge < -0.3 is 15.4 Å². The van der Waals surface area contributed by atoms with E-state index < -0.39 is 0 Å². The lowest BCUT2D eigenvalue weighted by molar-refractivity contribution is -0.789. The van der Waals surface area contributed by atoms with E-state index in [1.54, 1.807) is 24.3 Å². The Balaban J connectivity index is 2.20. The molecule has 0 bridgehead atoms. The predicted octanol–water partition coefficient (Wildman–Crippen LogP) is 2.85. The van der Waals surface area contributed by atoms with Crippen LogP contribution in [0.5, 0.6) is 5.75 Å². The largest absolute Gasteiger partial charge is 0.628 e. The fraction of sp³-hybridized carbons (Fsp3) is 0.143. The molecule has 0 aromatic heterocycles. The Bertz CT molecular complexity index is 461. The first kappa shape index (κ1) is 13.3. The monoisotopic (exact) mass is 355 g/mol. The maximum absolute atomic E-state index is 12.3. The molecule has 2 unspecified atom stereocenters. The van der Waals surface area contributed by atoms with Crippen molar-refractivity contribution in [1.82, 2.24) is 0 Å². The van der Waals surface area contributed by atoms with Crippen molar-refractivity contribution in [1.29, 1.82) is 0 Å². The number of hydrogen-bond donors (Lipinski definition) is 2. The van der Waals surface area contributed by atoms with Crippen molar-refractivity contribution in [2.75, 3.05) is 0 Å². The van der Waals surface area contributed by atoms with Gasteiger partial charge in [-0.2, -0.15) is 0 Å². The fourth-order valence-electron chi connectivity index (χ4n) is 1.66. The summed E-state index contributed by atoms with van der Waals surface area (Å²) in [5.41, 5.74) is 2.76. The minimum absolute atomic E-state index is 0.0845. The summed E-state index contributed by atoms with van der Waals surface area (Å²) in [4.78, 5) is 0. The Kier molecular flexibility index (Phi) is 4.21. The Labute approximate surface area is 120 Å². The van der Waals surface area contributed by atoms with Crippen LogP contribution in [0.1, 0.15) is 15.2 Å². The van der Waals surface area contributed by atoms with Crippen LogP contribution in [0.3, 0.4) is 0 Å². The highest BCUT2D eigenvalue weighted by Crippen LogP contribution is 2.21. The zero-order valence-electron chi connectivity index (χ0n) is 9.93. The van der Waals surface area contributed by atoms with Gasteiger partial charge in [0.25, 0.3) is 0 Å². The van der Waals surface area contributed by atoms with E-state index in [0.717, 1.165) is 11.1 Å². The van der Waals surface area contributed by atoms with E-state index in [2.05, 4.69) is 22.6 Å². The average Bonchev–Trinajstić information content (AvgIpc) is 2.39. The maximum Gasteiger partial charge on any atom is 0.168 e. The third-order valence-corrected chi connectivity index (χ3v) is 4.04. The van der Waals surface area contributed by atoms with Crippen molar-refractivity contribution in [2.24, 2.45) is 0 Å². The number of phenols is 1. The van der Waals surface area contributed by atoms with Gasteiger partial charge in [-0.15, -0.1) is 0 Å². The molecule has 2 atom stereocenters. The molecule has 2 rings (SSSR count). The zero-order chi connectivity index (χ0) is 13.1. The highest BCUT2D eigenvalue weighted by Gasteiger charge is 2.16. The Hall–Kier alpha value is -1.11. The van der Waals surface area contributed by atoms with Crippen molar-refractivity contribution in [3.8, 4) is 5.75 Å². The molecule has 0 aliphatic carbocycles. The normalized spacial score (nSPS) is 14.2. The number of nitrogens with one attached hydrogen (secondary N) is 1. The number of halogens is 1. The van der Waals surface area contributed by atoms with Gasteiger partial charge in [0.15, 0.2) is 4.05 Å². The third-order valence-electron chi connectivity index (χ3n) is 2.75. The summed E-state index contributed by atoms with van der Waals surface area (Å²) in [7, 11) is 0. The van der Waals surface area contributed by atoms with Gasteiger partial charge in [0.2, 0.25) is 0 Å². The van der Waals surface area contributed by atoms with Gasteiger partial charge in [0.1, 0.15) is 11.4 Å². The summed E-state index contributed by atoms with van der Waals surface area (Å²) in [6.45, 7) is 2.00. The lowest BCUT2D eigenvalue weighted by Crippen LogP contribution is -3.01. The zero-order valence-corrected chi connectivity index (χ0v) is 12.1. The van der Waals surface area contributed by atoms with Crippen LogP contribution in [0.4, 0.5) is 5.69 Å². The molecule has 3 nitrogen and oxygen atoms in total. The third kappa shape index (κ3) is 3.01. The van der Waals surface area contributed by atoms with Crippen LogP contribution in [-0.4, -0.2) is 5.11 Å².